The zero-order valence-corrected chi connectivity index (χ0v) is 15.9. The minimum atomic E-state index is -3.48. The molecule has 0 unspecified atom stereocenters. The summed E-state index contributed by atoms with van der Waals surface area (Å²) in [4.78, 5) is 12.5. The molecule has 0 saturated heterocycles. The van der Waals surface area contributed by atoms with Crippen LogP contribution < -0.4 is 10.0 Å². The lowest BCUT2D eigenvalue weighted by molar-refractivity contribution is -0.120. The molecule has 2 rings (SSSR count). The molecule has 0 aromatic heterocycles. The van der Waals surface area contributed by atoms with E-state index in [1.54, 1.807) is 24.3 Å². The first-order valence-electron chi connectivity index (χ1n) is 9.43. The van der Waals surface area contributed by atoms with Gasteiger partial charge < -0.3 is 5.32 Å². The van der Waals surface area contributed by atoms with Crippen molar-refractivity contribution in [3.05, 3.63) is 24.3 Å². The second-order valence-electron chi connectivity index (χ2n) is 6.81. The number of hydrogen-bond acceptors (Lipinski definition) is 3. The van der Waals surface area contributed by atoms with Gasteiger partial charge >= 0.3 is 0 Å². The van der Waals surface area contributed by atoms with Gasteiger partial charge in [-0.25, -0.2) is 13.1 Å². The molecule has 0 aliphatic heterocycles. The number of rotatable bonds is 9. The van der Waals surface area contributed by atoms with Crippen molar-refractivity contribution in [3.8, 4) is 0 Å². The molecule has 0 heterocycles. The highest BCUT2D eigenvalue weighted by Gasteiger charge is 2.21. The molecule has 140 valence electrons. The Kier molecular flexibility index (Phi) is 7.90. The third-order valence-electron chi connectivity index (χ3n) is 4.73. The third kappa shape index (κ3) is 6.44. The van der Waals surface area contributed by atoms with Crippen molar-refractivity contribution in [1.29, 1.82) is 0 Å². The third-order valence-corrected chi connectivity index (χ3v) is 6.21. The Morgan fingerprint density at radius 2 is 1.72 bits per heavy atom. The molecular weight excluding hydrogens is 336 g/mol. The zero-order chi connectivity index (χ0) is 18.1. The predicted molar refractivity (Wildman–Crippen MR) is 101 cm³/mol. The van der Waals surface area contributed by atoms with Crippen molar-refractivity contribution in [2.45, 2.75) is 69.6 Å². The SMILES string of the molecule is CCCCCCNS(=O)(=O)c1ccc(NC(=O)C2CCCCC2)cc1. The Balaban J connectivity index is 1.86. The average molecular weight is 367 g/mol. The number of hydrogen-bond donors (Lipinski definition) is 2. The Morgan fingerprint density at radius 1 is 1.04 bits per heavy atom. The second kappa shape index (κ2) is 9.92. The van der Waals surface area contributed by atoms with Crippen LogP contribution >= 0.6 is 0 Å². The van der Waals surface area contributed by atoms with E-state index in [9.17, 15) is 13.2 Å². The molecule has 25 heavy (non-hydrogen) atoms. The highest BCUT2D eigenvalue weighted by molar-refractivity contribution is 7.89. The van der Waals surface area contributed by atoms with Crippen LogP contribution in [0.5, 0.6) is 0 Å². The summed E-state index contributed by atoms with van der Waals surface area (Å²) in [5, 5.41) is 2.90. The van der Waals surface area contributed by atoms with Gasteiger partial charge in [0.1, 0.15) is 0 Å². The summed E-state index contributed by atoms with van der Waals surface area (Å²) < 4.78 is 27.1. The van der Waals surface area contributed by atoms with E-state index in [0.29, 0.717) is 12.2 Å². The number of sulfonamides is 1. The summed E-state index contributed by atoms with van der Waals surface area (Å²) in [6.45, 7) is 2.58. The van der Waals surface area contributed by atoms with Crippen molar-refractivity contribution < 1.29 is 13.2 Å². The number of amides is 1. The summed E-state index contributed by atoms with van der Waals surface area (Å²) >= 11 is 0. The first-order chi connectivity index (χ1) is 12.0. The molecule has 6 heteroatoms. The number of carbonyl (C=O) groups excluding carboxylic acids is 1. The molecule has 0 atom stereocenters. The van der Waals surface area contributed by atoms with Crippen molar-refractivity contribution in [3.63, 3.8) is 0 Å². The highest BCUT2D eigenvalue weighted by atomic mass is 32.2. The van der Waals surface area contributed by atoms with Gasteiger partial charge in [0.25, 0.3) is 0 Å². The van der Waals surface area contributed by atoms with Crippen molar-refractivity contribution >= 4 is 21.6 Å². The number of carbonyl (C=O) groups is 1. The van der Waals surface area contributed by atoms with Crippen LogP contribution in [0.3, 0.4) is 0 Å². The van der Waals surface area contributed by atoms with Crippen LogP contribution in [0, 0.1) is 5.92 Å². The van der Waals surface area contributed by atoms with E-state index in [1.807, 2.05) is 0 Å². The largest absolute Gasteiger partial charge is 0.326 e. The van der Waals surface area contributed by atoms with Crippen LogP contribution in [0.1, 0.15) is 64.7 Å². The fourth-order valence-corrected chi connectivity index (χ4v) is 4.24. The summed E-state index contributed by atoms with van der Waals surface area (Å²) in [7, 11) is -3.48. The molecule has 1 aromatic rings. The molecule has 0 spiro atoms. The monoisotopic (exact) mass is 366 g/mol. The van der Waals surface area contributed by atoms with E-state index in [2.05, 4.69) is 17.0 Å². The maximum Gasteiger partial charge on any atom is 0.240 e. The smallest absolute Gasteiger partial charge is 0.240 e. The van der Waals surface area contributed by atoms with E-state index in [4.69, 9.17) is 0 Å². The van der Waals surface area contributed by atoms with Crippen LogP contribution in [0.4, 0.5) is 5.69 Å². The molecule has 1 fully saturated rings. The normalized spacial score (nSPS) is 15.9. The van der Waals surface area contributed by atoms with Gasteiger partial charge in [0.15, 0.2) is 0 Å². The number of nitrogens with one attached hydrogen (secondary N) is 2. The summed E-state index contributed by atoms with van der Waals surface area (Å²) in [5.41, 5.74) is 0.650. The van der Waals surface area contributed by atoms with Crippen LogP contribution in [-0.2, 0) is 14.8 Å². The molecule has 1 amide bonds. The maximum atomic E-state index is 12.2. The lowest BCUT2D eigenvalue weighted by Gasteiger charge is -2.20. The first-order valence-corrected chi connectivity index (χ1v) is 10.9. The van der Waals surface area contributed by atoms with Crippen molar-refractivity contribution in [2.24, 2.45) is 5.92 Å². The minimum absolute atomic E-state index is 0.0457. The lowest BCUT2D eigenvalue weighted by atomic mass is 9.88. The first kappa shape index (κ1) is 19.9. The molecule has 0 bridgehead atoms. The Morgan fingerprint density at radius 3 is 2.36 bits per heavy atom. The van der Waals surface area contributed by atoms with E-state index in [0.717, 1.165) is 51.4 Å². The Bertz CT molecular complexity index is 635. The Hall–Kier alpha value is -1.40. The molecule has 2 N–H and O–H groups in total. The number of unbranched alkanes of at least 4 members (excludes halogenated alkanes) is 3. The quantitative estimate of drug-likeness (QED) is 0.647. The fourth-order valence-electron chi connectivity index (χ4n) is 3.17. The topological polar surface area (TPSA) is 75.3 Å². The summed E-state index contributed by atoms with van der Waals surface area (Å²) in [6.07, 6.45) is 9.45. The maximum absolute atomic E-state index is 12.2. The van der Waals surface area contributed by atoms with Gasteiger partial charge in [0.05, 0.1) is 4.90 Å². The zero-order valence-electron chi connectivity index (χ0n) is 15.1. The molecule has 1 aliphatic rings. The Labute approximate surface area is 151 Å². The summed E-state index contributed by atoms with van der Waals surface area (Å²) in [6, 6.07) is 6.41. The van der Waals surface area contributed by atoms with Crippen LogP contribution in [-0.4, -0.2) is 20.9 Å². The van der Waals surface area contributed by atoms with Gasteiger partial charge in [-0.1, -0.05) is 45.4 Å². The lowest BCUT2D eigenvalue weighted by Crippen LogP contribution is -2.25. The van der Waals surface area contributed by atoms with Gasteiger partial charge in [-0.3, -0.25) is 4.79 Å². The number of benzene rings is 1. The van der Waals surface area contributed by atoms with E-state index < -0.39 is 10.0 Å². The van der Waals surface area contributed by atoms with Gasteiger partial charge in [-0.15, -0.1) is 0 Å². The van der Waals surface area contributed by atoms with Gasteiger partial charge in [-0.2, -0.15) is 0 Å². The highest BCUT2D eigenvalue weighted by Crippen LogP contribution is 2.25. The molecule has 5 nitrogen and oxygen atoms in total. The minimum Gasteiger partial charge on any atom is -0.326 e. The van der Waals surface area contributed by atoms with Crippen LogP contribution in [0.25, 0.3) is 0 Å². The van der Waals surface area contributed by atoms with Crippen LogP contribution in [0.15, 0.2) is 29.2 Å². The van der Waals surface area contributed by atoms with Crippen molar-refractivity contribution in [1.82, 2.24) is 4.72 Å². The van der Waals surface area contributed by atoms with Gasteiger partial charge in [0.2, 0.25) is 15.9 Å². The van der Waals surface area contributed by atoms with E-state index in [1.165, 1.54) is 6.42 Å². The molecule has 1 saturated carbocycles. The van der Waals surface area contributed by atoms with E-state index >= 15 is 0 Å². The average Bonchev–Trinajstić information content (AvgIpc) is 2.62. The second-order valence-corrected chi connectivity index (χ2v) is 8.57. The standard InChI is InChI=1S/C19H30N2O3S/c1-2-3-4-8-15-20-25(23,24)18-13-11-17(12-14-18)21-19(22)16-9-6-5-7-10-16/h11-14,16,20H,2-10,15H2,1H3,(H,21,22). The molecule has 1 aliphatic carbocycles. The van der Waals surface area contributed by atoms with Crippen LogP contribution in [0.2, 0.25) is 0 Å². The molecule has 0 radical (unpaired) electrons. The van der Waals surface area contributed by atoms with Gasteiger partial charge in [0, 0.05) is 18.2 Å². The fraction of sp³-hybridized carbons (Fsp3) is 0.632. The predicted octanol–water partition coefficient (Wildman–Crippen LogP) is 4.06. The van der Waals surface area contributed by atoms with Gasteiger partial charge in [-0.05, 0) is 43.5 Å². The summed E-state index contributed by atoms with van der Waals surface area (Å²) in [5.74, 6) is 0.131. The number of anilines is 1. The van der Waals surface area contributed by atoms with E-state index in [-0.39, 0.29) is 16.7 Å². The van der Waals surface area contributed by atoms with Crippen molar-refractivity contribution in [2.75, 3.05) is 11.9 Å². The molecule has 1 aromatic carbocycles. The molecular formula is C19H30N2O3S.